The first-order valence-corrected chi connectivity index (χ1v) is 9.74. The van der Waals surface area contributed by atoms with Gasteiger partial charge in [0.25, 0.3) is 0 Å². The lowest BCUT2D eigenvalue weighted by atomic mass is 9.49. The van der Waals surface area contributed by atoms with Crippen LogP contribution in [0.4, 0.5) is 0 Å². The van der Waals surface area contributed by atoms with Crippen molar-refractivity contribution < 1.29 is 9.53 Å². The molecule has 0 amide bonds. The first-order valence-electron chi connectivity index (χ1n) is 9.74. The van der Waals surface area contributed by atoms with Gasteiger partial charge in [-0.05, 0) is 92.8 Å². The van der Waals surface area contributed by atoms with Crippen molar-refractivity contribution in [1.82, 2.24) is 0 Å². The molecule has 1 heterocycles. The second kappa shape index (κ2) is 4.59. The van der Waals surface area contributed by atoms with Crippen molar-refractivity contribution in [2.75, 3.05) is 6.61 Å². The van der Waals surface area contributed by atoms with E-state index in [9.17, 15) is 4.79 Å². The number of hydrogen-bond acceptors (Lipinski definition) is 2. The summed E-state index contributed by atoms with van der Waals surface area (Å²) in [6.45, 7) is 3.49. The molecule has 8 atom stereocenters. The van der Waals surface area contributed by atoms with Gasteiger partial charge in [-0.15, -0.1) is 0 Å². The van der Waals surface area contributed by atoms with Gasteiger partial charge in [0.2, 0.25) is 0 Å². The van der Waals surface area contributed by atoms with Crippen LogP contribution in [-0.2, 0) is 9.53 Å². The third kappa shape index (κ3) is 1.79. The predicted molar refractivity (Wildman–Crippen MR) is 85.3 cm³/mol. The van der Waals surface area contributed by atoms with Crippen LogP contribution in [-0.4, -0.2) is 18.5 Å². The quantitative estimate of drug-likeness (QED) is 0.536. The van der Waals surface area contributed by atoms with E-state index in [0.29, 0.717) is 16.9 Å². The van der Waals surface area contributed by atoms with E-state index < -0.39 is 0 Å². The van der Waals surface area contributed by atoms with E-state index in [4.69, 9.17) is 4.74 Å². The van der Waals surface area contributed by atoms with Crippen molar-refractivity contribution in [3.63, 3.8) is 0 Å². The first kappa shape index (κ1) is 14.0. The van der Waals surface area contributed by atoms with Crippen molar-refractivity contribution in [2.45, 2.75) is 70.3 Å². The lowest BCUT2D eigenvalue weighted by Gasteiger charge is -2.55. The molecule has 2 heteroatoms. The lowest BCUT2D eigenvalue weighted by Crippen LogP contribution is -2.49. The van der Waals surface area contributed by atoms with Crippen molar-refractivity contribution in [3.05, 3.63) is 0 Å². The van der Waals surface area contributed by atoms with Gasteiger partial charge in [0.1, 0.15) is 6.29 Å². The number of fused-ring (bicyclic) bond motifs is 5. The average molecular weight is 302 g/mol. The van der Waals surface area contributed by atoms with Crippen LogP contribution < -0.4 is 0 Å². The summed E-state index contributed by atoms with van der Waals surface area (Å²) in [7, 11) is 0. The van der Waals surface area contributed by atoms with Gasteiger partial charge >= 0.3 is 0 Å². The SMILES string of the molecule is CC12CCC3C4CCC5(CO5)CC4CCC3C1CCC2C=O. The number of ether oxygens (including phenoxy) is 1. The zero-order valence-electron chi connectivity index (χ0n) is 13.9. The summed E-state index contributed by atoms with van der Waals surface area (Å²) in [4.78, 5) is 11.5. The zero-order chi connectivity index (χ0) is 14.9. The summed E-state index contributed by atoms with van der Waals surface area (Å²) in [5.74, 6) is 5.03. The van der Waals surface area contributed by atoms with Crippen LogP contribution in [0.2, 0.25) is 0 Å². The molecule has 0 aromatic heterocycles. The van der Waals surface area contributed by atoms with Gasteiger partial charge in [-0.3, -0.25) is 0 Å². The van der Waals surface area contributed by atoms with Crippen LogP contribution >= 0.6 is 0 Å². The van der Waals surface area contributed by atoms with E-state index in [1.165, 1.54) is 64.1 Å². The van der Waals surface area contributed by atoms with Gasteiger partial charge in [0.05, 0.1) is 12.2 Å². The van der Waals surface area contributed by atoms with E-state index in [1.807, 2.05) is 0 Å². The van der Waals surface area contributed by atoms with Gasteiger partial charge < -0.3 is 9.53 Å². The molecule has 5 fully saturated rings. The van der Waals surface area contributed by atoms with E-state index in [2.05, 4.69) is 6.92 Å². The highest BCUT2D eigenvalue weighted by Crippen LogP contribution is 2.65. The number of epoxide rings is 1. The zero-order valence-corrected chi connectivity index (χ0v) is 13.9. The maximum Gasteiger partial charge on any atom is 0.123 e. The fourth-order valence-electron chi connectivity index (χ4n) is 7.58. The minimum Gasteiger partial charge on any atom is -0.370 e. The molecule has 0 bridgehead atoms. The van der Waals surface area contributed by atoms with E-state index >= 15 is 0 Å². The second-order valence-electron chi connectivity index (χ2n) is 9.51. The Bertz CT molecular complexity index is 482. The van der Waals surface area contributed by atoms with Crippen LogP contribution in [0.1, 0.15) is 64.7 Å². The Balaban J connectivity index is 1.39. The average Bonchev–Trinajstić information content (AvgIpc) is 3.17. The topological polar surface area (TPSA) is 29.6 Å². The molecule has 2 nitrogen and oxygen atoms in total. The molecule has 0 radical (unpaired) electrons. The highest BCUT2D eigenvalue weighted by atomic mass is 16.6. The fourth-order valence-corrected chi connectivity index (χ4v) is 7.58. The molecular weight excluding hydrogens is 272 g/mol. The second-order valence-corrected chi connectivity index (χ2v) is 9.51. The summed E-state index contributed by atoms with van der Waals surface area (Å²) in [6.07, 6.45) is 13.5. The predicted octanol–water partition coefficient (Wildman–Crippen LogP) is 4.22. The minimum atomic E-state index is 0.339. The smallest absolute Gasteiger partial charge is 0.123 e. The van der Waals surface area contributed by atoms with Crippen LogP contribution in [0.15, 0.2) is 0 Å². The summed E-state index contributed by atoms with van der Waals surface area (Å²) in [6, 6.07) is 0. The monoisotopic (exact) mass is 302 g/mol. The number of carbonyl (C=O) groups is 1. The molecule has 0 N–H and O–H groups in total. The normalized spacial score (nSPS) is 59.5. The molecule has 0 aromatic carbocycles. The van der Waals surface area contributed by atoms with E-state index in [0.717, 1.165) is 36.2 Å². The fraction of sp³-hybridized carbons (Fsp3) is 0.950. The van der Waals surface area contributed by atoms with Gasteiger partial charge in [-0.1, -0.05) is 6.92 Å². The summed E-state index contributed by atoms with van der Waals surface area (Å²) in [5, 5.41) is 0. The maximum atomic E-state index is 11.5. The number of rotatable bonds is 1. The largest absolute Gasteiger partial charge is 0.370 e. The molecule has 1 aliphatic heterocycles. The molecule has 8 unspecified atom stereocenters. The maximum absolute atomic E-state index is 11.5. The molecule has 1 spiro atoms. The molecule has 1 saturated heterocycles. The third-order valence-corrected chi connectivity index (χ3v) is 8.88. The van der Waals surface area contributed by atoms with Crippen LogP contribution in [0.5, 0.6) is 0 Å². The third-order valence-electron chi connectivity index (χ3n) is 8.88. The van der Waals surface area contributed by atoms with Gasteiger partial charge in [-0.25, -0.2) is 0 Å². The molecule has 4 aliphatic carbocycles. The van der Waals surface area contributed by atoms with Crippen molar-refractivity contribution in [2.24, 2.45) is 40.9 Å². The van der Waals surface area contributed by atoms with Crippen molar-refractivity contribution in [3.8, 4) is 0 Å². The van der Waals surface area contributed by atoms with Gasteiger partial charge in [0.15, 0.2) is 0 Å². The van der Waals surface area contributed by atoms with Gasteiger partial charge in [0, 0.05) is 5.92 Å². The summed E-state index contributed by atoms with van der Waals surface area (Å²) in [5.41, 5.74) is 0.679. The van der Waals surface area contributed by atoms with Crippen LogP contribution in [0.3, 0.4) is 0 Å². The lowest BCUT2D eigenvalue weighted by molar-refractivity contribution is -0.118. The highest BCUT2D eigenvalue weighted by Gasteiger charge is 2.59. The van der Waals surface area contributed by atoms with E-state index in [-0.39, 0.29) is 0 Å². The van der Waals surface area contributed by atoms with Gasteiger partial charge in [-0.2, -0.15) is 0 Å². The molecule has 0 aromatic rings. The number of aldehydes is 1. The number of hydrogen-bond donors (Lipinski definition) is 0. The Morgan fingerprint density at radius 3 is 2.55 bits per heavy atom. The highest BCUT2D eigenvalue weighted by molar-refractivity contribution is 5.56. The van der Waals surface area contributed by atoms with E-state index in [1.54, 1.807) is 0 Å². The van der Waals surface area contributed by atoms with Crippen LogP contribution in [0, 0.1) is 40.9 Å². The summed E-state index contributed by atoms with van der Waals surface area (Å²) >= 11 is 0. The minimum absolute atomic E-state index is 0.339. The Hall–Kier alpha value is -0.370. The number of carbonyl (C=O) groups excluding carboxylic acids is 1. The van der Waals surface area contributed by atoms with Crippen molar-refractivity contribution >= 4 is 6.29 Å². The molecular formula is C20H30O2. The molecule has 22 heavy (non-hydrogen) atoms. The standard InChI is InChI=1S/C20H30O2/c1-19-8-6-16-15-7-9-20(12-22-20)10-13(15)2-4-17(16)18(19)5-3-14(19)11-21/h11,13-18H,2-10,12H2,1H3. The molecule has 122 valence electrons. The van der Waals surface area contributed by atoms with Crippen molar-refractivity contribution in [1.29, 1.82) is 0 Å². The Morgan fingerprint density at radius 2 is 1.77 bits per heavy atom. The molecule has 5 aliphatic rings. The first-order chi connectivity index (χ1) is 10.7. The Morgan fingerprint density at radius 1 is 0.955 bits per heavy atom. The van der Waals surface area contributed by atoms with Crippen LogP contribution in [0.25, 0.3) is 0 Å². The molecule has 4 saturated carbocycles. The Labute approximate surface area is 134 Å². The molecule has 5 rings (SSSR count). The summed E-state index contributed by atoms with van der Waals surface area (Å²) < 4.78 is 5.80. The Kier molecular flexibility index (Phi) is 2.92.